The van der Waals surface area contributed by atoms with Gasteiger partial charge in [0.05, 0.1) is 0 Å². The van der Waals surface area contributed by atoms with Crippen LogP contribution in [0.15, 0.2) is 16.3 Å². The van der Waals surface area contributed by atoms with Gasteiger partial charge < -0.3 is 5.32 Å². The molecule has 1 N–H and O–H groups in total. The van der Waals surface area contributed by atoms with Crippen molar-refractivity contribution in [3.05, 3.63) is 17.0 Å². The Kier molecular flexibility index (Phi) is 6.46. The van der Waals surface area contributed by atoms with Gasteiger partial charge in [0.25, 0.3) is 10.0 Å². The Hall–Kier alpha value is -0.430. The van der Waals surface area contributed by atoms with Gasteiger partial charge in [-0.1, -0.05) is 13.8 Å². The molecule has 0 aromatic carbocycles. The zero-order valence-corrected chi connectivity index (χ0v) is 13.8. The second kappa shape index (κ2) is 7.38. The van der Waals surface area contributed by atoms with Crippen molar-refractivity contribution in [1.82, 2.24) is 9.62 Å². The molecule has 0 amide bonds. The minimum atomic E-state index is -3.34. The van der Waals surface area contributed by atoms with Crippen LogP contribution in [0.2, 0.25) is 0 Å². The van der Waals surface area contributed by atoms with Gasteiger partial charge in [0, 0.05) is 24.0 Å². The second-order valence-electron chi connectivity index (χ2n) is 4.70. The molecule has 0 unspecified atom stereocenters. The van der Waals surface area contributed by atoms with E-state index in [1.165, 1.54) is 15.6 Å². The lowest BCUT2D eigenvalue weighted by atomic mass is 10.4. The van der Waals surface area contributed by atoms with Crippen molar-refractivity contribution < 1.29 is 8.42 Å². The van der Waals surface area contributed by atoms with Crippen molar-refractivity contribution in [2.75, 3.05) is 13.1 Å². The molecular weight excluding hydrogens is 280 g/mol. The number of hydrogen-bond acceptors (Lipinski definition) is 4. The standard InChI is InChI=1S/C13H24N2O2S2/c1-5-9-14-10-12-7-8-13(18-12)19(16,17)15(6-2)11(3)4/h7-8,11,14H,5-6,9-10H2,1-4H3. The van der Waals surface area contributed by atoms with E-state index < -0.39 is 10.0 Å². The highest BCUT2D eigenvalue weighted by molar-refractivity contribution is 7.91. The molecule has 1 heterocycles. The molecule has 19 heavy (non-hydrogen) atoms. The summed E-state index contributed by atoms with van der Waals surface area (Å²) in [7, 11) is -3.34. The van der Waals surface area contributed by atoms with Crippen molar-refractivity contribution in [3.63, 3.8) is 0 Å². The number of hydrogen-bond donors (Lipinski definition) is 1. The molecule has 0 aliphatic rings. The summed E-state index contributed by atoms with van der Waals surface area (Å²) in [5.41, 5.74) is 0. The normalized spacial score (nSPS) is 12.5. The van der Waals surface area contributed by atoms with E-state index in [1.54, 1.807) is 6.07 Å². The first kappa shape index (κ1) is 16.6. The quantitative estimate of drug-likeness (QED) is 0.751. The Bertz CT molecular complexity index is 481. The summed E-state index contributed by atoms with van der Waals surface area (Å²) in [6.45, 7) is 9.97. The first-order valence-corrected chi connectivity index (χ1v) is 9.00. The minimum absolute atomic E-state index is 0.0150. The molecule has 6 heteroatoms. The molecule has 0 aliphatic heterocycles. The number of sulfonamides is 1. The van der Waals surface area contributed by atoms with E-state index in [1.807, 2.05) is 26.8 Å². The average Bonchev–Trinajstić information content (AvgIpc) is 2.78. The van der Waals surface area contributed by atoms with E-state index in [-0.39, 0.29) is 6.04 Å². The molecule has 1 rings (SSSR count). The van der Waals surface area contributed by atoms with E-state index in [2.05, 4.69) is 12.2 Å². The Balaban J connectivity index is 2.84. The predicted octanol–water partition coefficient (Wildman–Crippen LogP) is 2.67. The van der Waals surface area contributed by atoms with Crippen molar-refractivity contribution in [2.24, 2.45) is 0 Å². The molecule has 1 aromatic rings. The average molecular weight is 304 g/mol. The molecule has 110 valence electrons. The molecule has 1 aromatic heterocycles. The van der Waals surface area contributed by atoms with Crippen LogP contribution in [0.5, 0.6) is 0 Å². The molecule has 4 nitrogen and oxygen atoms in total. The first-order chi connectivity index (χ1) is 8.93. The first-order valence-electron chi connectivity index (χ1n) is 6.74. The van der Waals surface area contributed by atoms with Crippen LogP contribution >= 0.6 is 11.3 Å². The SMILES string of the molecule is CCCNCc1ccc(S(=O)(=O)N(CC)C(C)C)s1. The molecule has 0 aliphatic carbocycles. The van der Waals surface area contributed by atoms with Gasteiger partial charge in [-0.05, 0) is 38.9 Å². The maximum absolute atomic E-state index is 12.5. The van der Waals surface area contributed by atoms with E-state index in [4.69, 9.17) is 0 Å². The summed E-state index contributed by atoms with van der Waals surface area (Å²) in [6, 6.07) is 3.60. The van der Waals surface area contributed by atoms with Gasteiger partial charge in [0.2, 0.25) is 0 Å². The zero-order chi connectivity index (χ0) is 14.5. The maximum atomic E-state index is 12.5. The monoisotopic (exact) mass is 304 g/mol. The summed E-state index contributed by atoms with van der Waals surface area (Å²) in [6.07, 6.45) is 1.08. The van der Waals surface area contributed by atoms with Crippen LogP contribution in [0.25, 0.3) is 0 Å². The van der Waals surface area contributed by atoms with Crippen LogP contribution in [-0.2, 0) is 16.6 Å². The Morgan fingerprint density at radius 2 is 2.00 bits per heavy atom. The highest BCUT2D eigenvalue weighted by atomic mass is 32.2. The van der Waals surface area contributed by atoms with E-state index >= 15 is 0 Å². The summed E-state index contributed by atoms with van der Waals surface area (Å²) in [5, 5.41) is 3.28. The van der Waals surface area contributed by atoms with Crippen LogP contribution in [0, 0.1) is 0 Å². The second-order valence-corrected chi connectivity index (χ2v) is 7.99. The maximum Gasteiger partial charge on any atom is 0.252 e. The zero-order valence-electron chi connectivity index (χ0n) is 12.1. The van der Waals surface area contributed by atoms with Crippen LogP contribution < -0.4 is 5.32 Å². The summed E-state index contributed by atoms with van der Waals surface area (Å²) < 4.78 is 26.9. The smallest absolute Gasteiger partial charge is 0.252 e. The van der Waals surface area contributed by atoms with Gasteiger partial charge in [0.1, 0.15) is 4.21 Å². The van der Waals surface area contributed by atoms with E-state index in [0.717, 1.165) is 24.4 Å². The van der Waals surface area contributed by atoms with Crippen LogP contribution in [-0.4, -0.2) is 31.9 Å². The summed E-state index contributed by atoms with van der Waals surface area (Å²) >= 11 is 1.36. The lowest BCUT2D eigenvalue weighted by molar-refractivity contribution is 0.370. The van der Waals surface area contributed by atoms with Gasteiger partial charge in [-0.3, -0.25) is 0 Å². The summed E-state index contributed by atoms with van der Waals surface area (Å²) in [5.74, 6) is 0. The Morgan fingerprint density at radius 1 is 1.32 bits per heavy atom. The molecular formula is C13H24N2O2S2. The van der Waals surface area contributed by atoms with Crippen LogP contribution in [0.1, 0.15) is 39.0 Å². The highest BCUT2D eigenvalue weighted by Crippen LogP contribution is 2.26. The van der Waals surface area contributed by atoms with Crippen LogP contribution in [0.3, 0.4) is 0 Å². The van der Waals surface area contributed by atoms with E-state index in [9.17, 15) is 8.42 Å². The topological polar surface area (TPSA) is 49.4 Å². The minimum Gasteiger partial charge on any atom is -0.312 e. The molecule has 0 spiro atoms. The fraction of sp³-hybridized carbons (Fsp3) is 0.692. The van der Waals surface area contributed by atoms with Gasteiger partial charge in [0.15, 0.2) is 0 Å². The fourth-order valence-electron chi connectivity index (χ4n) is 1.91. The molecule has 0 fully saturated rings. The fourth-order valence-corrected chi connectivity index (χ4v) is 5.01. The van der Waals surface area contributed by atoms with Crippen molar-refractivity contribution in [2.45, 2.75) is 50.9 Å². The van der Waals surface area contributed by atoms with E-state index in [0.29, 0.717) is 10.8 Å². The van der Waals surface area contributed by atoms with Gasteiger partial charge in [-0.25, -0.2) is 8.42 Å². The van der Waals surface area contributed by atoms with Crippen molar-refractivity contribution in [1.29, 1.82) is 0 Å². The number of rotatable bonds is 8. The van der Waals surface area contributed by atoms with Crippen LogP contribution in [0.4, 0.5) is 0 Å². The highest BCUT2D eigenvalue weighted by Gasteiger charge is 2.26. The van der Waals surface area contributed by atoms with Gasteiger partial charge in [-0.2, -0.15) is 4.31 Å². The third kappa shape index (κ3) is 4.27. The van der Waals surface area contributed by atoms with Gasteiger partial charge >= 0.3 is 0 Å². The third-order valence-electron chi connectivity index (χ3n) is 2.81. The summed E-state index contributed by atoms with van der Waals surface area (Å²) in [4.78, 5) is 1.06. The lowest BCUT2D eigenvalue weighted by Gasteiger charge is -2.23. The number of nitrogens with one attached hydrogen (secondary N) is 1. The molecule has 0 radical (unpaired) electrons. The Labute approximate surface area is 120 Å². The third-order valence-corrected chi connectivity index (χ3v) is 6.52. The molecule has 0 bridgehead atoms. The predicted molar refractivity (Wildman–Crippen MR) is 81.0 cm³/mol. The largest absolute Gasteiger partial charge is 0.312 e. The Morgan fingerprint density at radius 3 is 2.53 bits per heavy atom. The number of thiophene rings is 1. The molecule has 0 atom stereocenters. The number of nitrogens with zero attached hydrogens (tertiary/aromatic N) is 1. The van der Waals surface area contributed by atoms with Gasteiger partial charge in [-0.15, -0.1) is 11.3 Å². The van der Waals surface area contributed by atoms with Crippen molar-refractivity contribution >= 4 is 21.4 Å². The van der Waals surface area contributed by atoms with Crippen molar-refractivity contribution in [3.8, 4) is 0 Å². The molecule has 0 saturated heterocycles. The molecule has 0 saturated carbocycles. The lowest BCUT2D eigenvalue weighted by Crippen LogP contribution is -2.36.